The Hall–Kier alpha value is -1.69. The summed E-state index contributed by atoms with van der Waals surface area (Å²) in [6.45, 7) is 5.56. The van der Waals surface area contributed by atoms with E-state index < -0.39 is 0 Å². The van der Waals surface area contributed by atoms with Gasteiger partial charge in [0.1, 0.15) is 5.60 Å². The number of aromatic amines is 1. The van der Waals surface area contributed by atoms with Gasteiger partial charge in [0.25, 0.3) is 0 Å². The van der Waals surface area contributed by atoms with Crippen LogP contribution in [-0.2, 0) is 16.0 Å². The second kappa shape index (κ2) is 6.31. The Morgan fingerprint density at radius 3 is 2.92 bits per heavy atom. The van der Waals surface area contributed by atoms with Crippen LogP contribution in [0.2, 0.25) is 0 Å². The van der Waals surface area contributed by atoms with Gasteiger partial charge in [-0.1, -0.05) is 30.3 Å². The SMILES string of the molecule is CO[C@@H]1CN(Cc2cn[nH]c2C)C[C@]12C[C@H](c1ccccc1)CO2. The zero-order chi connectivity index (χ0) is 16.6. The van der Waals surface area contributed by atoms with E-state index in [-0.39, 0.29) is 11.7 Å². The number of nitrogens with zero attached hydrogens (tertiary/aromatic N) is 2. The van der Waals surface area contributed by atoms with Crippen molar-refractivity contribution in [2.45, 2.75) is 37.5 Å². The van der Waals surface area contributed by atoms with Gasteiger partial charge in [0.2, 0.25) is 0 Å². The lowest BCUT2D eigenvalue weighted by Crippen LogP contribution is -2.42. The summed E-state index contributed by atoms with van der Waals surface area (Å²) in [5.74, 6) is 0.458. The number of ether oxygens (including phenoxy) is 2. The van der Waals surface area contributed by atoms with Crippen molar-refractivity contribution < 1.29 is 9.47 Å². The molecule has 0 amide bonds. The first-order valence-electron chi connectivity index (χ1n) is 8.63. The van der Waals surface area contributed by atoms with Gasteiger partial charge in [0.05, 0.1) is 18.9 Å². The molecule has 2 saturated heterocycles. The smallest absolute Gasteiger partial charge is 0.109 e. The number of aromatic nitrogens is 2. The highest BCUT2D eigenvalue weighted by molar-refractivity contribution is 5.23. The molecule has 24 heavy (non-hydrogen) atoms. The molecule has 0 radical (unpaired) electrons. The lowest BCUT2D eigenvalue weighted by molar-refractivity contribution is -0.0757. The number of rotatable bonds is 4. The first-order chi connectivity index (χ1) is 11.7. The first-order valence-corrected chi connectivity index (χ1v) is 8.63. The van der Waals surface area contributed by atoms with E-state index in [1.165, 1.54) is 11.1 Å². The average molecular weight is 327 g/mol. The Morgan fingerprint density at radius 1 is 1.38 bits per heavy atom. The zero-order valence-corrected chi connectivity index (χ0v) is 14.4. The Kier molecular flexibility index (Phi) is 4.16. The van der Waals surface area contributed by atoms with Crippen LogP contribution in [0.1, 0.15) is 29.2 Å². The summed E-state index contributed by atoms with van der Waals surface area (Å²) in [4.78, 5) is 2.43. The number of nitrogens with one attached hydrogen (secondary N) is 1. The van der Waals surface area contributed by atoms with Crippen molar-refractivity contribution in [1.82, 2.24) is 15.1 Å². The van der Waals surface area contributed by atoms with Gasteiger partial charge in [-0.2, -0.15) is 5.10 Å². The van der Waals surface area contributed by atoms with Gasteiger partial charge in [-0.25, -0.2) is 0 Å². The minimum absolute atomic E-state index is 0.124. The van der Waals surface area contributed by atoms with Crippen molar-refractivity contribution in [3.63, 3.8) is 0 Å². The summed E-state index contributed by atoms with van der Waals surface area (Å²) in [5, 5.41) is 7.15. The third-order valence-corrected chi connectivity index (χ3v) is 5.55. The number of benzene rings is 1. The number of methoxy groups -OCH3 is 1. The molecule has 5 heteroatoms. The molecule has 2 fully saturated rings. The van der Waals surface area contributed by atoms with Gasteiger partial charge in [-0.15, -0.1) is 0 Å². The lowest BCUT2D eigenvalue weighted by Gasteiger charge is -2.28. The van der Waals surface area contributed by atoms with E-state index >= 15 is 0 Å². The van der Waals surface area contributed by atoms with Crippen molar-refractivity contribution in [1.29, 1.82) is 0 Å². The van der Waals surface area contributed by atoms with Crippen molar-refractivity contribution in [2.24, 2.45) is 0 Å². The lowest BCUT2D eigenvalue weighted by atomic mass is 9.87. The minimum atomic E-state index is -0.188. The van der Waals surface area contributed by atoms with E-state index in [9.17, 15) is 0 Å². The molecular formula is C19H25N3O2. The Bertz CT molecular complexity index is 687. The molecule has 0 unspecified atom stereocenters. The van der Waals surface area contributed by atoms with E-state index in [0.29, 0.717) is 5.92 Å². The summed E-state index contributed by atoms with van der Waals surface area (Å²) < 4.78 is 12.2. The molecule has 2 aromatic rings. The van der Waals surface area contributed by atoms with Crippen LogP contribution >= 0.6 is 0 Å². The fourth-order valence-corrected chi connectivity index (χ4v) is 4.21. The predicted octanol–water partition coefficient (Wildman–Crippen LogP) is 2.49. The second-order valence-electron chi connectivity index (χ2n) is 7.10. The van der Waals surface area contributed by atoms with Crippen LogP contribution in [0.15, 0.2) is 36.5 Å². The first kappa shape index (κ1) is 15.8. The average Bonchev–Trinajstić information content (AvgIpc) is 3.30. The molecule has 1 aromatic heterocycles. The highest BCUT2D eigenvalue weighted by Crippen LogP contribution is 2.43. The Labute approximate surface area is 143 Å². The van der Waals surface area contributed by atoms with E-state index in [4.69, 9.17) is 9.47 Å². The van der Waals surface area contributed by atoms with Gasteiger partial charge in [0.15, 0.2) is 0 Å². The molecule has 0 aliphatic carbocycles. The minimum Gasteiger partial charge on any atom is -0.377 e. The molecule has 5 nitrogen and oxygen atoms in total. The quantitative estimate of drug-likeness (QED) is 0.937. The molecule has 1 aromatic carbocycles. The van der Waals surface area contributed by atoms with Gasteiger partial charge in [-0.05, 0) is 18.9 Å². The van der Waals surface area contributed by atoms with Crippen molar-refractivity contribution in [3.8, 4) is 0 Å². The van der Waals surface area contributed by atoms with E-state index in [0.717, 1.165) is 38.4 Å². The van der Waals surface area contributed by atoms with Crippen LogP contribution in [0.25, 0.3) is 0 Å². The maximum absolute atomic E-state index is 6.36. The molecule has 3 atom stereocenters. The standard InChI is InChI=1S/C19H25N3O2/c1-14-17(9-20-21-14)10-22-11-18(23-2)19(13-22)8-16(12-24-19)15-6-4-3-5-7-15/h3-7,9,16,18H,8,10-13H2,1-2H3,(H,20,21)/t16-,18+,19+/m0/s1. The highest BCUT2D eigenvalue weighted by Gasteiger charge is 2.52. The predicted molar refractivity (Wildman–Crippen MR) is 91.9 cm³/mol. The molecule has 4 rings (SSSR count). The largest absolute Gasteiger partial charge is 0.377 e. The molecule has 0 bridgehead atoms. The van der Waals surface area contributed by atoms with E-state index in [1.807, 2.05) is 6.20 Å². The molecule has 128 valence electrons. The summed E-state index contributed by atoms with van der Waals surface area (Å²) in [6.07, 6.45) is 3.07. The number of H-pyrrole nitrogens is 1. The third kappa shape index (κ3) is 2.77. The van der Waals surface area contributed by atoms with Crippen LogP contribution in [0.3, 0.4) is 0 Å². The number of aryl methyl sites for hydroxylation is 1. The number of likely N-dealkylation sites (tertiary alicyclic amines) is 1. The van der Waals surface area contributed by atoms with E-state index in [1.54, 1.807) is 7.11 Å². The molecule has 2 aliphatic heterocycles. The van der Waals surface area contributed by atoms with Crippen LogP contribution in [0.4, 0.5) is 0 Å². The fraction of sp³-hybridized carbons (Fsp3) is 0.526. The van der Waals surface area contributed by atoms with Gasteiger partial charge in [0, 0.05) is 43.9 Å². The molecule has 3 heterocycles. The van der Waals surface area contributed by atoms with Gasteiger partial charge < -0.3 is 9.47 Å². The van der Waals surface area contributed by atoms with Gasteiger partial charge in [-0.3, -0.25) is 10.00 Å². The molecule has 1 spiro atoms. The summed E-state index contributed by atoms with van der Waals surface area (Å²) in [5.41, 5.74) is 3.57. The van der Waals surface area contributed by atoms with Crippen LogP contribution in [0, 0.1) is 6.92 Å². The maximum Gasteiger partial charge on any atom is 0.109 e. The third-order valence-electron chi connectivity index (χ3n) is 5.55. The molecule has 2 aliphatic rings. The topological polar surface area (TPSA) is 50.4 Å². The molecule has 1 N–H and O–H groups in total. The van der Waals surface area contributed by atoms with Crippen molar-refractivity contribution in [3.05, 3.63) is 53.3 Å². The highest BCUT2D eigenvalue weighted by atomic mass is 16.6. The number of hydrogen-bond acceptors (Lipinski definition) is 4. The molecular weight excluding hydrogens is 302 g/mol. The normalized spacial score (nSPS) is 30.4. The van der Waals surface area contributed by atoms with Crippen molar-refractivity contribution in [2.75, 3.05) is 26.8 Å². The molecule has 0 saturated carbocycles. The van der Waals surface area contributed by atoms with E-state index in [2.05, 4.69) is 52.4 Å². The van der Waals surface area contributed by atoms with Crippen molar-refractivity contribution >= 4 is 0 Å². The fourth-order valence-electron chi connectivity index (χ4n) is 4.21. The monoisotopic (exact) mass is 327 g/mol. The van der Waals surface area contributed by atoms with Crippen LogP contribution < -0.4 is 0 Å². The number of hydrogen-bond donors (Lipinski definition) is 1. The Balaban J connectivity index is 1.49. The second-order valence-corrected chi connectivity index (χ2v) is 7.10. The van der Waals surface area contributed by atoms with Crippen LogP contribution in [0.5, 0.6) is 0 Å². The zero-order valence-electron chi connectivity index (χ0n) is 14.4. The Morgan fingerprint density at radius 2 is 2.21 bits per heavy atom. The maximum atomic E-state index is 6.36. The van der Waals surface area contributed by atoms with Gasteiger partial charge >= 0.3 is 0 Å². The summed E-state index contributed by atoms with van der Waals surface area (Å²) in [7, 11) is 1.80. The van der Waals surface area contributed by atoms with Crippen LogP contribution in [-0.4, -0.2) is 53.6 Å². The summed E-state index contributed by atoms with van der Waals surface area (Å²) >= 11 is 0. The summed E-state index contributed by atoms with van der Waals surface area (Å²) in [6, 6.07) is 10.7.